The minimum absolute atomic E-state index is 0.145. The summed E-state index contributed by atoms with van der Waals surface area (Å²) in [6.07, 6.45) is 7.56. The second-order valence-electron chi connectivity index (χ2n) is 4.16. The number of ether oxygens (including phenoxy) is 1. The highest BCUT2D eigenvalue weighted by Gasteiger charge is 2.24. The van der Waals surface area contributed by atoms with Crippen molar-refractivity contribution in [3.8, 4) is 12.3 Å². The summed E-state index contributed by atoms with van der Waals surface area (Å²) in [7, 11) is 1.21. The van der Waals surface area contributed by atoms with Gasteiger partial charge in [-0.1, -0.05) is 5.92 Å². The summed E-state index contributed by atoms with van der Waals surface area (Å²) in [5, 5.41) is 10.2. The molecular formula is C15H10FN3O3S. The fourth-order valence-electron chi connectivity index (χ4n) is 1.56. The predicted octanol–water partition coefficient (Wildman–Crippen LogP) is 1.42. The molecule has 0 saturated carbocycles. The molecule has 6 nitrogen and oxygen atoms in total. The maximum Gasteiger partial charge on any atom is 0.331 e. The third-order valence-electron chi connectivity index (χ3n) is 2.54. The number of esters is 1. The van der Waals surface area contributed by atoms with Crippen LogP contribution in [-0.2, 0) is 14.3 Å². The number of carbonyl (C=O) groups is 2. The maximum atomic E-state index is 13.3. The first-order valence-corrected chi connectivity index (χ1v) is 7.00. The Hall–Kier alpha value is -2.92. The summed E-state index contributed by atoms with van der Waals surface area (Å²) < 4.78 is 17.7. The van der Waals surface area contributed by atoms with Gasteiger partial charge in [0.2, 0.25) is 0 Å². The highest BCUT2D eigenvalue weighted by molar-refractivity contribution is 8.18. The van der Waals surface area contributed by atoms with Crippen LogP contribution in [0, 0.1) is 18.2 Å². The summed E-state index contributed by atoms with van der Waals surface area (Å²) >= 11 is 0.938. The van der Waals surface area contributed by atoms with Gasteiger partial charge in [0.1, 0.15) is 5.82 Å². The van der Waals surface area contributed by atoms with Gasteiger partial charge in [0.05, 0.1) is 18.2 Å². The number of methoxy groups -OCH3 is 1. The number of thioether (sulfide) groups is 1. The SMILES string of the molecule is C#Cc1cc(F)cc(C=N/N=C2/NC(=O)/C(=C\C(=O)OC)S2)c1. The number of hydrogen-bond acceptors (Lipinski definition) is 6. The largest absolute Gasteiger partial charge is 0.466 e. The van der Waals surface area contributed by atoms with Crippen LogP contribution in [0.25, 0.3) is 0 Å². The molecule has 1 fully saturated rings. The molecule has 1 aliphatic rings. The first kappa shape index (κ1) is 16.5. The first-order valence-electron chi connectivity index (χ1n) is 6.19. The molecule has 1 heterocycles. The Balaban J connectivity index is 2.11. The summed E-state index contributed by atoms with van der Waals surface area (Å²) in [6, 6.07) is 4.03. The molecule has 0 aliphatic carbocycles. The summed E-state index contributed by atoms with van der Waals surface area (Å²) in [6.45, 7) is 0. The number of nitrogens with one attached hydrogen (secondary N) is 1. The van der Waals surface area contributed by atoms with Crippen LogP contribution in [0.4, 0.5) is 4.39 Å². The summed E-state index contributed by atoms with van der Waals surface area (Å²) in [5.74, 6) is 0.719. The number of halogens is 1. The van der Waals surface area contributed by atoms with E-state index in [9.17, 15) is 14.0 Å². The minimum Gasteiger partial charge on any atom is -0.466 e. The van der Waals surface area contributed by atoms with Crippen molar-refractivity contribution in [1.29, 1.82) is 0 Å². The van der Waals surface area contributed by atoms with Gasteiger partial charge >= 0.3 is 5.97 Å². The molecule has 1 saturated heterocycles. The number of amides is 1. The maximum absolute atomic E-state index is 13.3. The van der Waals surface area contributed by atoms with Crippen molar-refractivity contribution in [3.05, 3.63) is 46.1 Å². The molecule has 0 atom stereocenters. The molecule has 2 rings (SSSR count). The number of rotatable bonds is 3. The van der Waals surface area contributed by atoms with E-state index in [0.29, 0.717) is 11.1 Å². The second kappa shape index (κ2) is 7.38. The lowest BCUT2D eigenvalue weighted by Crippen LogP contribution is -2.19. The molecule has 0 spiro atoms. The van der Waals surface area contributed by atoms with E-state index < -0.39 is 17.7 Å². The van der Waals surface area contributed by atoms with Crippen molar-refractivity contribution in [2.24, 2.45) is 10.2 Å². The quantitative estimate of drug-likeness (QED) is 0.299. The van der Waals surface area contributed by atoms with Crippen molar-refractivity contribution < 1.29 is 18.7 Å². The van der Waals surface area contributed by atoms with Crippen molar-refractivity contribution in [3.63, 3.8) is 0 Å². The van der Waals surface area contributed by atoms with Crippen LogP contribution >= 0.6 is 11.8 Å². The Morgan fingerprint density at radius 1 is 1.48 bits per heavy atom. The Morgan fingerprint density at radius 2 is 2.26 bits per heavy atom. The van der Waals surface area contributed by atoms with E-state index in [1.807, 2.05) is 0 Å². The fourth-order valence-corrected chi connectivity index (χ4v) is 2.30. The molecular weight excluding hydrogens is 321 g/mol. The van der Waals surface area contributed by atoms with E-state index in [4.69, 9.17) is 6.42 Å². The average Bonchev–Trinajstić information content (AvgIpc) is 2.86. The van der Waals surface area contributed by atoms with Crippen LogP contribution in [0.1, 0.15) is 11.1 Å². The zero-order valence-electron chi connectivity index (χ0n) is 11.9. The van der Waals surface area contributed by atoms with E-state index in [0.717, 1.165) is 17.8 Å². The lowest BCUT2D eigenvalue weighted by atomic mass is 10.1. The third-order valence-corrected chi connectivity index (χ3v) is 3.44. The molecule has 23 heavy (non-hydrogen) atoms. The number of hydrogen-bond donors (Lipinski definition) is 1. The number of carbonyl (C=O) groups excluding carboxylic acids is 2. The Kier molecular flexibility index (Phi) is 5.28. The lowest BCUT2D eigenvalue weighted by Gasteiger charge is -1.95. The van der Waals surface area contributed by atoms with E-state index in [1.165, 1.54) is 25.5 Å². The highest BCUT2D eigenvalue weighted by atomic mass is 32.2. The first-order chi connectivity index (χ1) is 11.0. The van der Waals surface area contributed by atoms with Gasteiger partial charge in [-0.05, 0) is 35.5 Å². The molecule has 0 radical (unpaired) electrons. The molecule has 1 aromatic rings. The van der Waals surface area contributed by atoms with Crippen LogP contribution in [0.2, 0.25) is 0 Å². The molecule has 1 aromatic carbocycles. The van der Waals surface area contributed by atoms with Crippen LogP contribution < -0.4 is 5.32 Å². The standard InChI is InChI=1S/C15H10FN3O3S/c1-3-9-4-10(6-11(16)5-9)8-17-19-15-18-14(21)12(23-15)7-13(20)22-2/h1,4-8H,2H3,(H,18,19,21)/b12-7+,17-8?. The average molecular weight is 331 g/mol. The fraction of sp³-hybridized carbons (Fsp3) is 0.0667. The Morgan fingerprint density at radius 3 is 2.96 bits per heavy atom. The van der Waals surface area contributed by atoms with E-state index in [1.54, 1.807) is 6.07 Å². The zero-order valence-corrected chi connectivity index (χ0v) is 12.7. The molecule has 0 aromatic heterocycles. The Labute approximate surface area is 135 Å². The van der Waals surface area contributed by atoms with Gasteiger partial charge in [0.15, 0.2) is 5.17 Å². The smallest absolute Gasteiger partial charge is 0.331 e. The van der Waals surface area contributed by atoms with Crippen molar-refractivity contribution in [1.82, 2.24) is 5.32 Å². The normalized spacial score (nSPS) is 17.5. The van der Waals surface area contributed by atoms with Gasteiger partial charge in [-0.15, -0.1) is 11.5 Å². The molecule has 1 amide bonds. The monoisotopic (exact) mass is 331 g/mol. The Bertz CT molecular complexity index is 794. The van der Waals surface area contributed by atoms with E-state index in [-0.39, 0.29) is 10.1 Å². The van der Waals surface area contributed by atoms with Crippen LogP contribution in [0.5, 0.6) is 0 Å². The predicted molar refractivity (Wildman–Crippen MR) is 85.2 cm³/mol. The van der Waals surface area contributed by atoms with Crippen LogP contribution in [0.3, 0.4) is 0 Å². The van der Waals surface area contributed by atoms with Gasteiger partial charge in [-0.3, -0.25) is 10.1 Å². The summed E-state index contributed by atoms with van der Waals surface area (Å²) in [4.78, 5) is 22.8. The molecule has 1 aliphatic heterocycles. The zero-order chi connectivity index (χ0) is 16.8. The summed E-state index contributed by atoms with van der Waals surface area (Å²) in [5.41, 5.74) is 0.813. The van der Waals surface area contributed by atoms with Gasteiger partial charge in [0, 0.05) is 11.6 Å². The van der Waals surface area contributed by atoms with Gasteiger partial charge < -0.3 is 4.74 Å². The van der Waals surface area contributed by atoms with Gasteiger partial charge in [-0.25, -0.2) is 9.18 Å². The topological polar surface area (TPSA) is 80.1 Å². The number of nitrogens with zero attached hydrogens (tertiary/aromatic N) is 2. The molecule has 0 unspecified atom stereocenters. The van der Waals surface area contributed by atoms with Crippen molar-refractivity contribution in [2.75, 3.05) is 7.11 Å². The van der Waals surface area contributed by atoms with Gasteiger partial charge in [0.25, 0.3) is 5.91 Å². The van der Waals surface area contributed by atoms with Gasteiger partial charge in [-0.2, -0.15) is 5.10 Å². The molecule has 0 bridgehead atoms. The molecule has 116 valence electrons. The second-order valence-corrected chi connectivity index (χ2v) is 5.19. The number of terminal acetylenes is 1. The molecule has 1 N–H and O–H groups in total. The van der Waals surface area contributed by atoms with E-state index in [2.05, 4.69) is 26.2 Å². The van der Waals surface area contributed by atoms with Crippen LogP contribution in [-0.4, -0.2) is 30.4 Å². The van der Waals surface area contributed by atoms with Crippen molar-refractivity contribution in [2.45, 2.75) is 0 Å². The molecule has 8 heteroatoms. The highest BCUT2D eigenvalue weighted by Crippen LogP contribution is 2.23. The number of benzene rings is 1. The third kappa shape index (κ3) is 4.52. The number of amidine groups is 1. The van der Waals surface area contributed by atoms with Crippen molar-refractivity contribution >= 4 is 35.0 Å². The minimum atomic E-state index is -0.644. The van der Waals surface area contributed by atoms with Crippen LogP contribution in [0.15, 0.2) is 39.4 Å². The van der Waals surface area contributed by atoms with E-state index >= 15 is 0 Å². The lowest BCUT2D eigenvalue weighted by molar-refractivity contribution is -0.135.